The van der Waals surface area contributed by atoms with E-state index in [1.165, 1.54) is 38.5 Å². The fraction of sp³-hybridized carbons (Fsp3) is 0.480. The number of hydrogen-bond donors (Lipinski definition) is 0. The normalized spacial score (nSPS) is 10.4. The van der Waals surface area contributed by atoms with Crippen LogP contribution < -0.4 is 0 Å². The summed E-state index contributed by atoms with van der Waals surface area (Å²) in [6.45, 7) is 5.47. The van der Waals surface area contributed by atoms with Gasteiger partial charge in [-0.1, -0.05) is 100 Å². The van der Waals surface area contributed by atoms with E-state index < -0.39 is 0 Å². The SMILES string of the molecule is CCCCC(CCCC)COC.O=C(Cc1ccccc1)c1ccccc1. The van der Waals surface area contributed by atoms with Crippen LogP contribution in [0, 0.1) is 5.92 Å². The number of hydrogen-bond acceptors (Lipinski definition) is 2. The van der Waals surface area contributed by atoms with Gasteiger partial charge in [0, 0.05) is 25.7 Å². The molecular weight excluding hydrogens is 332 g/mol. The summed E-state index contributed by atoms with van der Waals surface area (Å²) in [5, 5.41) is 0. The third-order valence-corrected chi connectivity index (χ3v) is 4.64. The number of methoxy groups -OCH3 is 1. The maximum Gasteiger partial charge on any atom is 0.167 e. The molecule has 2 heteroatoms. The van der Waals surface area contributed by atoms with Crippen molar-refractivity contribution in [3.63, 3.8) is 0 Å². The van der Waals surface area contributed by atoms with E-state index >= 15 is 0 Å². The standard InChI is InChI=1S/C14H12O.C11H24O/c15-14(13-9-5-2-6-10-13)11-12-7-3-1-4-8-12;1-4-6-8-11(10-12-3)9-7-5-2/h1-10H,11H2;11H,4-10H2,1-3H3. The summed E-state index contributed by atoms with van der Waals surface area (Å²) in [5.41, 5.74) is 1.84. The summed E-state index contributed by atoms with van der Waals surface area (Å²) in [6, 6.07) is 19.2. The average Bonchev–Trinajstić information content (AvgIpc) is 2.72. The van der Waals surface area contributed by atoms with E-state index in [4.69, 9.17) is 4.74 Å². The zero-order valence-electron chi connectivity index (χ0n) is 17.3. The highest BCUT2D eigenvalue weighted by Gasteiger charge is 2.06. The van der Waals surface area contributed by atoms with E-state index in [0.717, 1.165) is 23.7 Å². The van der Waals surface area contributed by atoms with Crippen LogP contribution >= 0.6 is 0 Å². The van der Waals surface area contributed by atoms with Crippen molar-refractivity contribution in [2.24, 2.45) is 5.92 Å². The van der Waals surface area contributed by atoms with E-state index in [9.17, 15) is 4.79 Å². The maximum absolute atomic E-state index is 11.8. The van der Waals surface area contributed by atoms with Crippen LogP contribution in [0.25, 0.3) is 0 Å². The second kappa shape index (κ2) is 15.2. The van der Waals surface area contributed by atoms with Crippen LogP contribution in [0.5, 0.6) is 0 Å². The molecule has 0 unspecified atom stereocenters. The lowest BCUT2D eigenvalue weighted by atomic mass is 9.97. The summed E-state index contributed by atoms with van der Waals surface area (Å²) < 4.78 is 5.20. The number of ether oxygens (including phenoxy) is 1. The number of benzene rings is 2. The van der Waals surface area contributed by atoms with Gasteiger partial charge in [0.2, 0.25) is 0 Å². The molecule has 0 spiro atoms. The first-order valence-electron chi connectivity index (χ1n) is 10.3. The third-order valence-electron chi connectivity index (χ3n) is 4.64. The number of unbranched alkanes of at least 4 members (excludes halogenated alkanes) is 2. The van der Waals surface area contributed by atoms with E-state index in [-0.39, 0.29) is 5.78 Å². The maximum atomic E-state index is 11.8. The van der Waals surface area contributed by atoms with Crippen molar-refractivity contribution < 1.29 is 9.53 Å². The van der Waals surface area contributed by atoms with Gasteiger partial charge in [-0.05, 0) is 24.3 Å². The van der Waals surface area contributed by atoms with Crippen LogP contribution in [-0.4, -0.2) is 19.5 Å². The van der Waals surface area contributed by atoms with Gasteiger partial charge < -0.3 is 4.74 Å². The first-order chi connectivity index (χ1) is 13.2. The van der Waals surface area contributed by atoms with Crippen molar-refractivity contribution in [2.75, 3.05) is 13.7 Å². The molecule has 0 fully saturated rings. The Hall–Kier alpha value is -1.93. The summed E-state index contributed by atoms with van der Waals surface area (Å²) in [7, 11) is 1.81. The van der Waals surface area contributed by atoms with E-state index in [0.29, 0.717) is 6.42 Å². The van der Waals surface area contributed by atoms with Gasteiger partial charge in [0.1, 0.15) is 0 Å². The summed E-state index contributed by atoms with van der Waals surface area (Å²) in [4.78, 5) is 11.8. The molecule has 0 bridgehead atoms. The zero-order valence-corrected chi connectivity index (χ0v) is 17.3. The predicted molar refractivity (Wildman–Crippen MR) is 115 cm³/mol. The highest BCUT2D eigenvalue weighted by Crippen LogP contribution is 2.16. The molecule has 0 aromatic heterocycles. The van der Waals surface area contributed by atoms with E-state index in [1.807, 2.05) is 67.8 Å². The highest BCUT2D eigenvalue weighted by molar-refractivity contribution is 5.97. The monoisotopic (exact) mass is 368 g/mol. The molecule has 148 valence electrons. The van der Waals surface area contributed by atoms with Gasteiger partial charge in [-0.3, -0.25) is 4.79 Å². The Morgan fingerprint density at radius 1 is 0.852 bits per heavy atom. The van der Waals surface area contributed by atoms with Crippen molar-refractivity contribution in [1.29, 1.82) is 0 Å². The van der Waals surface area contributed by atoms with Crippen molar-refractivity contribution in [3.8, 4) is 0 Å². The van der Waals surface area contributed by atoms with Gasteiger partial charge in [-0.25, -0.2) is 0 Å². The lowest BCUT2D eigenvalue weighted by Gasteiger charge is -2.14. The van der Waals surface area contributed by atoms with Crippen LogP contribution in [0.4, 0.5) is 0 Å². The molecule has 27 heavy (non-hydrogen) atoms. The molecule has 0 N–H and O–H groups in total. The first-order valence-corrected chi connectivity index (χ1v) is 10.3. The molecular formula is C25H36O2. The highest BCUT2D eigenvalue weighted by atomic mass is 16.5. The van der Waals surface area contributed by atoms with Gasteiger partial charge in [-0.15, -0.1) is 0 Å². The molecule has 2 aromatic carbocycles. The first kappa shape index (κ1) is 23.1. The Morgan fingerprint density at radius 3 is 1.85 bits per heavy atom. The lowest BCUT2D eigenvalue weighted by Crippen LogP contribution is -2.07. The van der Waals surface area contributed by atoms with Crippen molar-refractivity contribution >= 4 is 5.78 Å². The molecule has 2 nitrogen and oxygen atoms in total. The lowest BCUT2D eigenvalue weighted by molar-refractivity contribution is 0.0993. The molecule has 0 radical (unpaired) electrons. The Labute approximate surface area is 166 Å². The number of Topliss-reactive ketones (excluding diaryl/α,β-unsaturated/α-hetero) is 1. The van der Waals surface area contributed by atoms with Crippen molar-refractivity contribution in [1.82, 2.24) is 0 Å². The van der Waals surface area contributed by atoms with Gasteiger partial charge in [0.05, 0.1) is 0 Å². The third kappa shape index (κ3) is 10.7. The molecule has 0 amide bonds. The second-order valence-corrected chi connectivity index (χ2v) is 7.06. The van der Waals surface area contributed by atoms with Crippen LogP contribution in [0.1, 0.15) is 68.3 Å². The van der Waals surface area contributed by atoms with Crippen LogP contribution in [0.3, 0.4) is 0 Å². The van der Waals surface area contributed by atoms with Crippen molar-refractivity contribution in [3.05, 3.63) is 71.8 Å². The summed E-state index contributed by atoms with van der Waals surface area (Å²) in [5.74, 6) is 0.983. The van der Waals surface area contributed by atoms with Crippen LogP contribution in [0.2, 0.25) is 0 Å². The van der Waals surface area contributed by atoms with Crippen molar-refractivity contribution in [2.45, 2.75) is 58.8 Å². The van der Waals surface area contributed by atoms with Gasteiger partial charge in [-0.2, -0.15) is 0 Å². The second-order valence-electron chi connectivity index (χ2n) is 7.06. The zero-order chi connectivity index (χ0) is 19.7. The number of carbonyl (C=O) groups is 1. The molecule has 0 heterocycles. The molecule has 0 saturated heterocycles. The quantitative estimate of drug-likeness (QED) is 0.410. The number of carbonyl (C=O) groups excluding carboxylic acids is 1. The smallest absolute Gasteiger partial charge is 0.167 e. The largest absolute Gasteiger partial charge is 0.384 e. The Bertz CT molecular complexity index is 584. The van der Waals surface area contributed by atoms with Crippen LogP contribution in [0.15, 0.2) is 60.7 Å². The Kier molecular flexibility index (Phi) is 13.0. The number of rotatable bonds is 11. The fourth-order valence-electron chi connectivity index (χ4n) is 3.04. The van der Waals surface area contributed by atoms with Crippen LogP contribution in [-0.2, 0) is 11.2 Å². The molecule has 0 aliphatic heterocycles. The Balaban J connectivity index is 0.000000279. The fourth-order valence-corrected chi connectivity index (χ4v) is 3.04. The Morgan fingerprint density at radius 2 is 1.37 bits per heavy atom. The average molecular weight is 369 g/mol. The predicted octanol–water partition coefficient (Wildman–Crippen LogP) is 6.74. The molecule has 0 saturated carbocycles. The minimum Gasteiger partial charge on any atom is -0.384 e. The molecule has 2 rings (SSSR count). The van der Waals surface area contributed by atoms with Gasteiger partial charge in [0.15, 0.2) is 5.78 Å². The minimum absolute atomic E-state index is 0.168. The minimum atomic E-state index is 0.168. The molecule has 0 aliphatic rings. The number of ketones is 1. The van der Waals surface area contributed by atoms with E-state index in [1.54, 1.807) is 0 Å². The van der Waals surface area contributed by atoms with Gasteiger partial charge >= 0.3 is 0 Å². The molecule has 0 aliphatic carbocycles. The molecule has 2 aromatic rings. The topological polar surface area (TPSA) is 26.3 Å². The molecule has 0 atom stereocenters. The van der Waals surface area contributed by atoms with Gasteiger partial charge in [0.25, 0.3) is 0 Å². The summed E-state index contributed by atoms with van der Waals surface area (Å²) >= 11 is 0. The van der Waals surface area contributed by atoms with E-state index in [2.05, 4.69) is 13.8 Å². The summed E-state index contributed by atoms with van der Waals surface area (Å²) in [6.07, 6.45) is 8.52.